The molecule has 0 aliphatic heterocycles. The van der Waals surface area contributed by atoms with Gasteiger partial charge in [-0.15, -0.1) is 0 Å². The van der Waals surface area contributed by atoms with Crippen molar-refractivity contribution in [1.29, 1.82) is 0 Å². The van der Waals surface area contributed by atoms with Crippen LogP contribution in [0.15, 0.2) is 42.5 Å². The van der Waals surface area contributed by atoms with Crippen molar-refractivity contribution in [2.75, 3.05) is 12.4 Å². The van der Waals surface area contributed by atoms with Gasteiger partial charge in [-0.25, -0.2) is 4.79 Å². The number of carbonyl (C=O) groups excluding carboxylic acids is 1. The van der Waals surface area contributed by atoms with E-state index in [9.17, 15) is 4.79 Å². The second kappa shape index (κ2) is 8.75. The van der Waals surface area contributed by atoms with Gasteiger partial charge in [0, 0.05) is 5.69 Å². The fourth-order valence-corrected chi connectivity index (χ4v) is 2.67. The first-order valence-electron chi connectivity index (χ1n) is 9.05. The Balaban J connectivity index is 1.94. The highest BCUT2D eigenvalue weighted by Gasteiger charge is 2.16. The summed E-state index contributed by atoms with van der Waals surface area (Å²) in [6.45, 7) is 7.67. The van der Waals surface area contributed by atoms with Crippen LogP contribution in [-0.2, 0) is 24.0 Å². The summed E-state index contributed by atoms with van der Waals surface area (Å²) in [6.07, 6.45) is 2.38. The van der Waals surface area contributed by atoms with Gasteiger partial charge < -0.3 is 9.47 Å². The summed E-state index contributed by atoms with van der Waals surface area (Å²) < 4.78 is 10.8. The second-order valence-corrected chi connectivity index (χ2v) is 7.32. The number of amides is 1. The molecule has 0 spiro atoms. The lowest BCUT2D eigenvalue weighted by Gasteiger charge is -2.19. The minimum absolute atomic E-state index is 0.439. The molecule has 2 aromatic rings. The van der Waals surface area contributed by atoms with Crippen LogP contribution in [0.5, 0.6) is 5.75 Å². The van der Waals surface area contributed by atoms with E-state index in [2.05, 4.69) is 30.4 Å². The Bertz CT molecular complexity index is 730. The highest BCUT2D eigenvalue weighted by Crippen LogP contribution is 2.23. The fourth-order valence-electron chi connectivity index (χ4n) is 2.67. The minimum Gasteiger partial charge on any atom is -0.496 e. The molecule has 0 aromatic heterocycles. The number of nitrogens with one attached hydrogen (secondary N) is 1. The van der Waals surface area contributed by atoms with Crippen LogP contribution in [0.3, 0.4) is 0 Å². The van der Waals surface area contributed by atoms with Crippen LogP contribution in [-0.4, -0.2) is 18.8 Å². The van der Waals surface area contributed by atoms with Crippen molar-refractivity contribution in [3.8, 4) is 5.75 Å². The van der Waals surface area contributed by atoms with Gasteiger partial charge in [0.2, 0.25) is 0 Å². The highest BCUT2D eigenvalue weighted by atomic mass is 16.6. The molecule has 0 atom stereocenters. The maximum absolute atomic E-state index is 11.8. The van der Waals surface area contributed by atoms with Gasteiger partial charge in [-0.3, -0.25) is 5.32 Å². The Morgan fingerprint density at radius 1 is 1.00 bits per heavy atom. The topological polar surface area (TPSA) is 47.6 Å². The number of benzene rings is 2. The average Bonchev–Trinajstić information content (AvgIpc) is 2.59. The number of ether oxygens (including phenoxy) is 2. The second-order valence-electron chi connectivity index (χ2n) is 7.32. The van der Waals surface area contributed by atoms with Crippen LogP contribution in [0.2, 0.25) is 0 Å². The Hall–Kier alpha value is -2.49. The molecular weight excluding hydrogens is 326 g/mol. The molecule has 26 heavy (non-hydrogen) atoms. The average molecular weight is 355 g/mol. The summed E-state index contributed by atoms with van der Waals surface area (Å²) in [7, 11) is 1.72. The number of rotatable bonds is 6. The van der Waals surface area contributed by atoms with E-state index in [1.807, 2.05) is 45.0 Å². The lowest BCUT2D eigenvalue weighted by molar-refractivity contribution is 0.0636. The normalized spacial score (nSPS) is 11.1. The summed E-state index contributed by atoms with van der Waals surface area (Å²) in [4.78, 5) is 11.8. The van der Waals surface area contributed by atoms with Gasteiger partial charge in [-0.1, -0.05) is 31.2 Å². The molecule has 4 nitrogen and oxygen atoms in total. The third kappa shape index (κ3) is 6.10. The molecule has 4 heteroatoms. The van der Waals surface area contributed by atoms with Crippen LogP contribution < -0.4 is 10.1 Å². The van der Waals surface area contributed by atoms with Crippen LogP contribution >= 0.6 is 0 Å². The number of hydrogen-bond donors (Lipinski definition) is 1. The van der Waals surface area contributed by atoms with E-state index in [0.717, 1.165) is 30.7 Å². The molecule has 0 radical (unpaired) electrons. The van der Waals surface area contributed by atoms with Gasteiger partial charge >= 0.3 is 6.09 Å². The van der Waals surface area contributed by atoms with E-state index < -0.39 is 11.7 Å². The van der Waals surface area contributed by atoms with E-state index in [0.29, 0.717) is 0 Å². The van der Waals surface area contributed by atoms with Crippen molar-refractivity contribution >= 4 is 11.8 Å². The zero-order valence-electron chi connectivity index (χ0n) is 16.4. The Morgan fingerprint density at radius 3 is 2.23 bits per heavy atom. The van der Waals surface area contributed by atoms with Gasteiger partial charge in [0.25, 0.3) is 0 Å². The molecule has 1 amide bonds. The van der Waals surface area contributed by atoms with Gasteiger partial charge in [0.05, 0.1) is 7.11 Å². The van der Waals surface area contributed by atoms with Crippen LogP contribution in [0.4, 0.5) is 10.5 Å². The molecule has 0 aliphatic carbocycles. The first-order chi connectivity index (χ1) is 12.3. The molecule has 0 saturated carbocycles. The molecule has 2 aromatic carbocycles. The van der Waals surface area contributed by atoms with Crippen molar-refractivity contribution in [2.45, 2.75) is 52.6 Å². The molecule has 0 unspecified atom stereocenters. The molecule has 0 aliphatic rings. The zero-order valence-corrected chi connectivity index (χ0v) is 16.4. The lowest BCUT2D eigenvalue weighted by Crippen LogP contribution is -2.27. The third-order valence-corrected chi connectivity index (χ3v) is 4.04. The maximum Gasteiger partial charge on any atom is 0.412 e. The first-order valence-corrected chi connectivity index (χ1v) is 9.05. The van der Waals surface area contributed by atoms with Crippen molar-refractivity contribution < 1.29 is 14.3 Å². The summed E-state index contributed by atoms with van der Waals surface area (Å²) in [6, 6.07) is 14.3. The predicted octanol–water partition coefficient (Wildman–Crippen LogP) is 5.39. The van der Waals surface area contributed by atoms with E-state index >= 15 is 0 Å². The molecule has 0 fully saturated rings. The summed E-state index contributed by atoms with van der Waals surface area (Å²) in [5, 5.41) is 2.75. The quantitative estimate of drug-likeness (QED) is 0.756. The van der Waals surface area contributed by atoms with Gasteiger partial charge in [0.15, 0.2) is 0 Å². The highest BCUT2D eigenvalue weighted by molar-refractivity contribution is 5.84. The monoisotopic (exact) mass is 355 g/mol. The van der Waals surface area contributed by atoms with E-state index in [1.165, 1.54) is 16.7 Å². The molecule has 1 N–H and O–H groups in total. The largest absolute Gasteiger partial charge is 0.496 e. The minimum atomic E-state index is -0.504. The van der Waals surface area contributed by atoms with Crippen molar-refractivity contribution in [1.82, 2.24) is 0 Å². The van der Waals surface area contributed by atoms with Crippen molar-refractivity contribution in [3.05, 3.63) is 59.2 Å². The molecule has 0 bridgehead atoms. The fraction of sp³-hybridized carbons (Fsp3) is 0.409. The number of anilines is 1. The van der Waals surface area contributed by atoms with Crippen molar-refractivity contribution in [2.24, 2.45) is 0 Å². The lowest BCUT2D eigenvalue weighted by atomic mass is 10.0. The number of hydrogen-bond acceptors (Lipinski definition) is 3. The summed E-state index contributed by atoms with van der Waals surface area (Å²) in [5.41, 5.74) is 3.93. The zero-order chi connectivity index (χ0) is 19.2. The smallest absolute Gasteiger partial charge is 0.412 e. The van der Waals surface area contributed by atoms with E-state index in [1.54, 1.807) is 7.11 Å². The molecule has 2 rings (SSSR count). The summed E-state index contributed by atoms with van der Waals surface area (Å²) in [5.74, 6) is 0.951. The molecule has 0 saturated heterocycles. The molecular formula is C22H29NO3. The Morgan fingerprint density at radius 2 is 1.65 bits per heavy atom. The maximum atomic E-state index is 11.8. The van der Waals surface area contributed by atoms with E-state index in [-0.39, 0.29) is 0 Å². The number of carbonyl (C=O) groups is 1. The van der Waals surface area contributed by atoms with Gasteiger partial charge in [0.1, 0.15) is 11.4 Å². The number of aryl methyl sites for hydroxylation is 3. The van der Waals surface area contributed by atoms with Crippen molar-refractivity contribution in [3.63, 3.8) is 0 Å². The Labute approximate surface area is 156 Å². The Kier molecular flexibility index (Phi) is 6.67. The summed E-state index contributed by atoms with van der Waals surface area (Å²) >= 11 is 0. The third-order valence-electron chi connectivity index (χ3n) is 4.04. The SMILES string of the molecule is CCc1ccc(CCc2ccc(NC(=O)OC(C)(C)C)cc2)c(OC)c1. The number of methoxy groups -OCH3 is 1. The van der Waals surface area contributed by atoms with Crippen LogP contribution in [0.1, 0.15) is 44.4 Å². The van der Waals surface area contributed by atoms with Crippen LogP contribution in [0, 0.1) is 0 Å². The van der Waals surface area contributed by atoms with Gasteiger partial charge in [-0.05, 0) is 74.9 Å². The van der Waals surface area contributed by atoms with Crippen LogP contribution in [0.25, 0.3) is 0 Å². The van der Waals surface area contributed by atoms with E-state index in [4.69, 9.17) is 9.47 Å². The molecule has 0 heterocycles. The molecule has 140 valence electrons. The predicted molar refractivity (Wildman–Crippen MR) is 106 cm³/mol. The first kappa shape index (κ1) is 19.8. The van der Waals surface area contributed by atoms with Gasteiger partial charge in [-0.2, -0.15) is 0 Å². The standard InChI is InChI=1S/C22H29NO3/c1-6-16-7-11-18(20(15-16)25-5)12-8-17-9-13-19(14-10-17)23-21(24)26-22(2,3)4/h7,9-11,13-15H,6,8,12H2,1-5H3,(H,23,24).